The van der Waals surface area contributed by atoms with Gasteiger partial charge in [-0.25, -0.2) is 13.2 Å². The van der Waals surface area contributed by atoms with Crippen molar-refractivity contribution < 1.29 is 22.7 Å². The minimum atomic E-state index is -3.66. The average Bonchev–Trinajstić information content (AvgIpc) is 2.60. The number of ether oxygens (including phenoxy) is 1. The molecule has 0 bridgehead atoms. The number of hydrogen-bond donors (Lipinski definition) is 1. The summed E-state index contributed by atoms with van der Waals surface area (Å²) in [6, 6.07) is 5.66. The van der Waals surface area contributed by atoms with Gasteiger partial charge in [-0.2, -0.15) is 4.31 Å². The van der Waals surface area contributed by atoms with Gasteiger partial charge in [-0.15, -0.1) is 0 Å². The summed E-state index contributed by atoms with van der Waals surface area (Å²) in [4.78, 5) is 23.9. The number of carbonyl (C=O) groups excluding carboxylic acids is 2. The normalized spacial score (nSPS) is 12.7. The fraction of sp³-hybridized carbons (Fsp3) is 0.556. The van der Waals surface area contributed by atoms with E-state index in [1.165, 1.54) is 28.6 Å². The Kier molecular flexibility index (Phi) is 8.74. The van der Waals surface area contributed by atoms with Gasteiger partial charge in [-0.05, 0) is 31.5 Å². The zero-order valence-electron chi connectivity index (χ0n) is 15.8. The Hall–Kier alpha value is -1.93. The van der Waals surface area contributed by atoms with Crippen LogP contribution in [0.3, 0.4) is 0 Å². The smallest absolute Gasteiger partial charge is 0.338 e. The van der Waals surface area contributed by atoms with E-state index in [0.29, 0.717) is 13.1 Å². The van der Waals surface area contributed by atoms with Gasteiger partial charge in [0.2, 0.25) is 10.0 Å². The van der Waals surface area contributed by atoms with Gasteiger partial charge in [0.1, 0.15) is 0 Å². The minimum absolute atomic E-state index is 0.00810. The second-order valence-electron chi connectivity index (χ2n) is 5.95. The Morgan fingerprint density at radius 2 is 1.85 bits per heavy atom. The molecule has 0 aliphatic rings. The van der Waals surface area contributed by atoms with E-state index in [0.717, 1.165) is 12.8 Å². The summed E-state index contributed by atoms with van der Waals surface area (Å²) in [7, 11) is -3.66. The maximum Gasteiger partial charge on any atom is 0.338 e. The first-order valence-corrected chi connectivity index (χ1v) is 10.3. The monoisotopic (exact) mass is 384 g/mol. The van der Waals surface area contributed by atoms with E-state index in [1.54, 1.807) is 13.8 Å². The van der Waals surface area contributed by atoms with E-state index in [1.807, 2.05) is 13.8 Å². The first-order chi connectivity index (χ1) is 12.3. The molecule has 0 spiro atoms. The van der Waals surface area contributed by atoms with Gasteiger partial charge < -0.3 is 10.1 Å². The fourth-order valence-electron chi connectivity index (χ4n) is 2.53. The number of sulfonamides is 1. The highest BCUT2D eigenvalue weighted by molar-refractivity contribution is 7.89. The molecule has 0 fully saturated rings. The molecule has 0 aliphatic carbocycles. The molecule has 1 aromatic carbocycles. The van der Waals surface area contributed by atoms with E-state index in [9.17, 15) is 18.0 Å². The van der Waals surface area contributed by atoms with Gasteiger partial charge in [-0.3, -0.25) is 4.79 Å². The summed E-state index contributed by atoms with van der Waals surface area (Å²) in [6.45, 7) is 7.66. The molecular formula is C18H28N2O5S. The largest absolute Gasteiger partial charge is 0.452 e. The number of nitrogens with zero attached hydrogens (tertiary/aromatic N) is 1. The van der Waals surface area contributed by atoms with Crippen molar-refractivity contribution >= 4 is 21.9 Å². The fourth-order valence-corrected chi connectivity index (χ4v) is 4.04. The Bertz CT molecular complexity index is 714. The van der Waals surface area contributed by atoms with E-state index in [-0.39, 0.29) is 22.4 Å². The molecule has 1 N–H and O–H groups in total. The zero-order chi connectivity index (χ0) is 19.7. The van der Waals surface area contributed by atoms with Crippen LogP contribution in [-0.4, -0.2) is 50.3 Å². The lowest BCUT2D eigenvalue weighted by Gasteiger charge is -2.18. The molecule has 26 heavy (non-hydrogen) atoms. The van der Waals surface area contributed by atoms with Crippen LogP contribution in [0.4, 0.5) is 0 Å². The Balaban J connectivity index is 2.79. The summed E-state index contributed by atoms with van der Waals surface area (Å²) >= 11 is 0. The highest BCUT2D eigenvalue weighted by Crippen LogP contribution is 2.17. The van der Waals surface area contributed by atoms with Crippen molar-refractivity contribution in [2.75, 3.05) is 19.7 Å². The summed E-state index contributed by atoms with van der Waals surface area (Å²) in [5.74, 6) is -1.12. The highest BCUT2D eigenvalue weighted by Gasteiger charge is 2.23. The maximum absolute atomic E-state index is 12.5. The quantitative estimate of drug-likeness (QED) is 0.624. The van der Waals surface area contributed by atoms with Crippen molar-refractivity contribution in [3.8, 4) is 0 Å². The van der Waals surface area contributed by atoms with Gasteiger partial charge in [0.15, 0.2) is 6.61 Å². The van der Waals surface area contributed by atoms with Crippen LogP contribution in [-0.2, 0) is 19.6 Å². The van der Waals surface area contributed by atoms with Gasteiger partial charge in [0.25, 0.3) is 5.91 Å². The van der Waals surface area contributed by atoms with E-state index >= 15 is 0 Å². The van der Waals surface area contributed by atoms with E-state index in [4.69, 9.17) is 4.74 Å². The molecule has 1 unspecified atom stereocenters. The molecule has 0 aliphatic heterocycles. The third-order valence-corrected chi connectivity index (χ3v) is 5.92. The van der Waals surface area contributed by atoms with Crippen molar-refractivity contribution in [2.45, 2.75) is 51.5 Å². The number of hydrogen-bond acceptors (Lipinski definition) is 5. The molecule has 0 radical (unpaired) electrons. The lowest BCUT2D eigenvalue weighted by molar-refractivity contribution is -0.124. The van der Waals surface area contributed by atoms with Crippen LogP contribution in [0.15, 0.2) is 29.2 Å². The lowest BCUT2D eigenvalue weighted by atomic mass is 10.2. The molecule has 146 valence electrons. The van der Waals surface area contributed by atoms with Crippen molar-refractivity contribution in [2.24, 2.45) is 0 Å². The number of carbonyl (C=O) groups is 2. The van der Waals surface area contributed by atoms with Gasteiger partial charge in [0, 0.05) is 19.1 Å². The number of benzene rings is 1. The molecule has 0 aromatic heterocycles. The second-order valence-corrected chi connectivity index (χ2v) is 7.89. The molecular weight excluding hydrogens is 356 g/mol. The van der Waals surface area contributed by atoms with Crippen LogP contribution in [0.5, 0.6) is 0 Å². The van der Waals surface area contributed by atoms with Crippen molar-refractivity contribution in [1.82, 2.24) is 9.62 Å². The predicted molar refractivity (Wildman–Crippen MR) is 99.3 cm³/mol. The van der Waals surface area contributed by atoms with Gasteiger partial charge in [0.05, 0.1) is 10.5 Å². The maximum atomic E-state index is 12.5. The second kappa shape index (κ2) is 10.3. The van der Waals surface area contributed by atoms with Crippen LogP contribution >= 0.6 is 0 Å². The predicted octanol–water partition coefficient (Wildman–Crippen LogP) is 2.18. The van der Waals surface area contributed by atoms with Crippen molar-refractivity contribution in [3.05, 3.63) is 29.8 Å². The number of nitrogens with one attached hydrogen (secondary N) is 1. The third-order valence-electron chi connectivity index (χ3n) is 3.88. The summed E-state index contributed by atoms with van der Waals surface area (Å²) < 4.78 is 31.4. The van der Waals surface area contributed by atoms with Crippen LogP contribution in [0.2, 0.25) is 0 Å². The molecule has 1 rings (SSSR count). The Morgan fingerprint density at radius 3 is 2.42 bits per heavy atom. The zero-order valence-corrected chi connectivity index (χ0v) is 16.6. The molecule has 0 saturated heterocycles. The number of amides is 1. The molecule has 1 aromatic rings. The van der Waals surface area contributed by atoms with Crippen LogP contribution in [0, 0.1) is 0 Å². The van der Waals surface area contributed by atoms with Gasteiger partial charge in [-0.1, -0.05) is 33.3 Å². The molecule has 1 amide bonds. The third kappa shape index (κ3) is 6.10. The minimum Gasteiger partial charge on any atom is -0.452 e. The summed E-state index contributed by atoms with van der Waals surface area (Å²) in [5.41, 5.74) is 0.0904. The first kappa shape index (κ1) is 22.1. The average molecular weight is 384 g/mol. The van der Waals surface area contributed by atoms with Crippen molar-refractivity contribution in [3.63, 3.8) is 0 Å². The van der Waals surface area contributed by atoms with Crippen LogP contribution in [0.25, 0.3) is 0 Å². The molecule has 8 heteroatoms. The molecule has 0 saturated carbocycles. The standard InChI is InChI=1S/C18H28N2O5S/c1-5-9-14(4)19-17(21)13-25-18(22)15-10-8-11-16(12-15)26(23,24)20(6-2)7-3/h8,10-12,14H,5-7,9,13H2,1-4H3,(H,19,21). The summed E-state index contributed by atoms with van der Waals surface area (Å²) in [6.07, 6.45) is 1.78. The number of esters is 1. The van der Waals surface area contributed by atoms with E-state index < -0.39 is 22.6 Å². The highest BCUT2D eigenvalue weighted by atomic mass is 32.2. The molecule has 7 nitrogen and oxygen atoms in total. The topological polar surface area (TPSA) is 92.8 Å². The van der Waals surface area contributed by atoms with E-state index in [2.05, 4.69) is 5.32 Å². The molecule has 0 heterocycles. The van der Waals surface area contributed by atoms with Crippen LogP contribution in [0.1, 0.15) is 50.9 Å². The van der Waals surface area contributed by atoms with Crippen molar-refractivity contribution in [1.29, 1.82) is 0 Å². The molecule has 1 atom stereocenters. The summed E-state index contributed by atoms with van der Waals surface area (Å²) in [5, 5.41) is 2.73. The number of rotatable bonds is 10. The first-order valence-electron chi connectivity index (χ1n) is 8.82. The Morgan fingerprint density at radius 1 is 1.19 bits per heavy atom. The van der Waals surface area contributed by atoms with Gasteiger partial charge >= 0.3 is 5.97 Å². The SMILES string of the molecule is CCCC(C)NC(=O)COC(=O)c1cccc(S(=O)(=O)N(CC)CC)c1. The lowest BCUT2D eigenvalue weighted by Crippen LogP contribution is -2.35. The van der Waals surface area contributed by atoms with Crippen LogP contribution < -0.4 is 5.32 Å². The Labute approximate surface area is 155 Å².